The summed E-state index contributed by atoms with van der Waals surface area (Å²) in [5.74, 6) is 4.00. The van der Waals surface area contributed by atoms with Crippen LogP contribution in [0.2, 0.25) is 0 Å². The van der Waals surface area contributed by atoms with Crippen LogP contribution < -0.4 is 33.2 Å². The van der Waals surface area contributed by atoms with E-state index in [0.717, 1.165) is 59.2 Å². The number of guanidine groups is 1. The number of carbonyl (C=O) groups is 2. The van der Waals surface area contributed by atoms with Gasteiger partial charge in [-0.2, -0.15) is 0 Å². The molecule has 3 saturated carbocycles. The molecule has 9 rings (SSSR count). The highest BCUT2D eigenvalue weighted by molar-refractivity contribution is 5.98. The fraction of sp³-hybridized carbons (Fsp3) is 0.507. The van der Waals surface area contributed by atoms with E-state index < -0.39 is 65.2 Å². The zero-order chi connectivity index (χ0) is 58.3. The van der Waals surface area contributed by atoms with Gasteiger partial charge in [-0.15, -0.1) is 0 Å². The number of aliphatic hydroxyl groups excluding tert-OH is 3. The van der Waals surface area contributed by atoms with Crippen LogP contribution in [-0.2, 0) is 33.6 Å². The summed E-state index contributed by atoms with van der Waals surface area (Å²) in [6, 6.07) is 19.3. The molecule has 0 saturated heterocycles. The number of likely N-dealkylation sites (N-methyl/N-ethyl adjacent to an activating group) is 1. The molecule has 3 aliphatic heterocycles. The summed E-state index contributed by atoms with van der Waals surface area (Å²) in [6.07, 6.45) is 10.7. The van der Waals surface area contributed by atoms with Crippen LogP contribution in [0, 0.1) is 40.9 Å². The number of carbonyl (C=O) groups excluding carboxylic acids is 2. The van der Waals surface area contributed by atoms with Gasteiger partial charge in [-0.3, -0.25) is 19.9 Å². The van der Waals surface area contributed by atoms with Gasteiger partial charge >= 0.3 is 0 Å². The predicted octanol–water partition coefficient (Wildman–Crippen LogP) is 6.60. The number of rotatable bonds is 7. The second-order valence-electron chi connectivity index (χ2n) is 24.2. The fourth-order valence-electron chi connectivity index (χ4n) is 15.1. The van der Waals surface area contributed by atoms with E-state index in [-0.39, 0.29) is 68.1 Å². The highest BCUT2D eigenvalue weighted by Gasteiger charge is 2.69. The monoisotopic (exact) mass is 1120 g/mol. The summed E-state index contributed by atoms with van der Waals surface area (Å²) in [5, 5.41) is 72.0. The lowest BCUT2D eigenvalue weighted by atomic mass is 9.51. The molecule has 0 unspecified atom stereocenters. The first-order chi connectivity index (χ1) is 39.4. The number of nitrogens with zero attached hydrogens (tertiary/aromatic N) is 1. The lowest BCUT2D eigenvalue weighted by molar-refractivity contribution is -0.181. The zero-order valence-corrected chi connectivity index (χ0v) is 48.1. The molecular weight excluding hydrogens is 1030 g/mol. The number of nitrogens with one attached hydrogen (secondary N) is 3. The first kappa shape index (κ1) is 60.4. The topological polar surface area (TPSA) is 271 Å². The van der Waals surface area contributed by atoms with Crippen molar-refractivity contribution in [2.45, 2.75) is 152 Å². The number of aliphatic imine (C=N–C) groups is 1. The summed E-state index contributed by atoms with van der Waals surface area (Å²) in [5.41, 5.74) is 25.0. The van der Waals surface area contributed by atoms with Crippen molar-refractivity contribution in [1.29, 1.82) is 0 Å². The van der Waals surface area contributed by atoms with Crippen molar-refractivity contribution in [2.75, 3.05) is 32.8 Å². The Morgan fingerprint density at radius 1 is 0.988 bits per heavy atom. The van der Waals surface area contributed by atoms with Crippen LogP contribution in [0.25, 0.3) is 0 Å². The number of ketones is 1. The second kappa shape index (κ2) is 26.6. The Balaban J connectivity index is 1.13. The van der Waals surface area contributed by atoms with Crippen molar-refractivity contribution in [3.05, 3.63) is 159 Å². The molecule has 15 heteroatoms. The standard InChI is InChI=1S/C67H87N7O8/c1-5-71-56-27-20-40(2)12-6-7-31-82-39-48(17-8-13-41(56)3)59-47-18-11-29-66(81)30-28-51-42(4)57(77)35-46-16-10-19-52-60(46)61(64(80)74-63(52)68)72-38-58(78)53(54(37-73-65(69)70)45-21-23-49(75)24-22-45)34-44-15-9-14-43(32-44)33-50(76)25-26-55(51)67(66,36-47)62(59)79/h8-10,13-17,19-24,32,47,50,53-56,58-59,61-63,71-72,75-76,78-79,81H,3,5,11-12,18,25-31,33-39,68H2,1-2,4H3,(H,74,80)(H4,69,70,73)/b13-8+,40-20+,48-17-,51-42+/t47-,50-,53+,54-,55-,56-,58-,59-,61-,62-,63+,66-,67-/m1/s1. The lowest BCUT2D eigenvalue weighted by Crippen LogP contribution is -2.61. The van der Waals surface area contributed by atoms with Crippen LogP contribution in [0.5, 0.6) is 5.75 Å². The van der Waals surface area contributed by atoms with E-state index in [0.29, 0.717) is 80.1 Å². The number of hydrogen-bond acceptors (Lipinski definition) is 12. The smallest absolute Gasteiger partial charge is 0.243 e. The van der Waals surface area contributed by atoms with Gasteiger partial charge in [0.15, 0.2) is 11.7 Å². The number of ether oxygens (including phenoxy) is 1. The van der Waals surface area contributed by atoms with Crippen LogP contribution in [0.15, 0.2) is 130 Å². The van der Waals surface area contributed by atoms with E-state index in [1.54, 1.807) is 24.3 Å². The van der Waals surface area contributed by atoms with Gasteiger partial charge < -0.3 is 58.1 Å². The van der Waals surface area contributed by atoms with E-state index in [4.69, 9.17) is 21.9 Å². The number of phenolic OH excluding ortho intramolecular Hbond substituents is 1. The van der Waals surface area contributed by atoms with Crippen molar-refractivity contribution < 1.29 is 39.9 Å². The first-order valence-corrected chi connectivity index (χ1v) is 29.7. The van der Waals surface area contributed by atoms with Crippen molar-refractivity contribution in [1.82, 2.24) is 16.0 Å². The van der Waals surface area contributed by atoms with E-state index in [1.807, 2.05) is 61.5 Å². The minimum absolute atomic E-state index is 0.0137. The Labute approximate surface area is 484 Å². The molecule has 3 fully saturated rings. The number of phenols is 1. The minimum Gasteiger partial charge on any atom is -0.508 e. The third-order valence-electron chi connectivity index (χ3n) is 19.2. The van der Waals surface area contributed by atoms with Gasteiger partial charge in [-0.25, -0.2) is 0 Å². The molecule has 6 aliphatic rings. The molecule has 13 atom stereocenters. The van der Waals surface area contributed by atoms with Crippen LogP contribution in [0.4, 0.5) is 0 Å². The average Bonchev–Trinajstić information content (AvgIpc) is 3.63. The number of β-amino-alcohol motifs (C(OH)–C–C–N with tert-alkyl or cyclic N) is 1. The molecule has 82 heavy (non-hydrogen) atoms. The van der Waals surface area contributed by atoms with Crippen LogP contribution >= 0.6 is 0 Å². The molecule has 1 amide bonds. The highest BCUT2D eigenvalue weighted by Crippen LogP contribution is 2.68. The zero-order valence-electron chi connectivity index (χ0n) is 48.1. The summed E-state index contributed by atoms with van der Waals surface area (Å²) >= 11 is 0. The number of amides is 1. The van der Waals surface area contributed by atoms with Crippen LogP contribution in [0.3, 0.4) is 0 Å². The van der Waals surface area contributed by atoms with E-state index >= 15 is 4.79 Å². The van der Waals surface area contributed by atoms with Crippen molar-refractivity contribution in [2.24, 2.45) is 51.3 Å². The minimum atomic E-state index is -1.28. The largest absolute Gasteiger partial charge is 0.508 e. The van der Waals surface area contributed by atoms with Gasteiger partial charge in [-0.05, 0) is 165 Å². The molecule has 1 spiro atoms. The molecule has 438 valence electrons. The quantitative estimate of drug-likeness (QED) is 0.0516. The molecule has 3 heterocycles. The summed E-state index contributed by atoms with van der Waals surface area (Å²) in [4.78, 5) is 34.0. The Morgan fingerprint density at radius 3 is 2.52 bits per heavy atom. The normalized spacial score (nSPS) is 34.4. The molecule has 15 nitrogen and oxygen atoms in total. The maximum atomic E-state index is 15.3. The molecule has 0 radical (unpaired) electrons. The van der Waals surface area contributed by atoms with E-state index in [9.17, 15) is 30.3 Å². The highest BCUT2D eigenvalue weighted by atomic mass is 16.5. The lowest BCUT2D eigenvalue weighted by Gasteiger charge is -2.57. The summed E-state index contributed by atoms with van der Waals surface area (Å²) < 4.78 is 6.35. The molecule has 3 aliphatic carbocycles. The third kappa shape index (κ3) is 13.1. The van der Waals surface area contributed by atoms with Gasteiger partial charge in [0.25, 0.3) is 0 Å². The molecular formula is C67H87N7O8. The SMILES string of the molecule is C=C1/C=C/C=C(\[C@H]2[C@@H]3CCC[C@@]4(O)CC/C5=C(/C)C(=O)Cc6cccc7c6[C@@H](NC[C@@H](O)[C@H]([C@H](CN=C(N)N)c6ccc(O)cc6)Cc6cccc(c6)C[C@H](O)CC[C@H]5[C@]4(C3)[C@@H]2O)C(=O)N[C@@H]7N)COCC#CC/C(C)=C/C[C@H]1NCC. The maximum Gasteiger partial charge on any atom is 0.243 e. The molecule has 3 aromatic carbocycles. The number of Topliss-reactive ketones (excluding diaryl/α,β-unsaturated/α-hetero) is 1. The number of allylic oxidation sites excluding steroid dienone is 5. The molecule has 14 N–H and O–H groups in total. The van der Waals surface area contributed by atoms with Crippen LogP contribution in [0.1, 0.15) is 136 Å². The van der Waals surface area contributed by atoms with Crippen molar-refractivity contribution >= 4 is 17.6 Å². The number of aliphatic hydroxyl groups is 4. The summed E-state index contributed by atoms with van der Waals surface area (Å²) in [7, 11) is 0. The van der Waals surface area contributed by atoms with Gasteiger partial charge in [0.2, 0.25) is 5.91 Å². The summed E-state index contributed by atoms with van der Waals surface area (Å²) in [6.45, 7) is 11.8. The molecule has 3 aromatic rings. The Bertz CT molecular complexity index is 3040. The number of nitrogens with two attached hydrogens (primary N) is 3. The van der Waals surface area contributed by atoms with Crippen LogP contribution in [-0.4, -0.2) is 106 Å². The Morgan fingerprint density at radius 2 is 1.76 bits per heavy atom. The first-order valence-electron chi connectivity index (χ1n) is 29.7. The molecule has 0 aromatic heterocycles. The Hall–Kier alpha value is -6.19. The number of benzene rings is 3. The van der Waals surface area contributed by atoms with Gasteiger partial charge in [0, 0.05) is 49.2 Å². The number of fused-ring (bicyclic) bond motifs is 4. The Kier molecular flexibility index (Phi) is 19.6. The third-order valence-corrected chi connectivity index (χ3v) is 19.2. The number of aromatic hydroxyl groups is 1. The fourth-order valence-corrected chi connectivity index (χ4v) is 15.1. The van der Waals surface area contributed by atoms with Gasteiger partial charge in [0.1, 0.15) is 24.6 Å². The van der Waals surface area contributed by atoms with E-state index in [1.165, 1.54) is 5.57 Å². The van der Waals surface area contributed by atoms with E-state index in [2.05, 4.69) is 65.4 Å². The van der Waals surface area contributed by atoms with Gasteiger partial charge in [-0.1, -0.05) is 122 Å². The maximum absolute atomic E-state index is 15.3. The molecule has 4 bridgehead atoms. The van der Waals surface area contributed by atoms with Crippen molar-refractivity contribution in [3.63, 3.8) is 0 Å². The predicted molar refractivity (Wildman–Crippen MR) is 321 cm³/mol. The van der Waals surface area contributed by atoms with Gasteiger partial charge in [0.05, 0.1) is 30.5 Å². The number of hydrogen-bond donors (Lipinski definition) is 11. The second-order valence-corrected chi connectivity index (χ2v) is 24.2. The average molecular weight is 1120 g/mol. The van der Waals surface area contributed by atoms with Crippen molar-refractivity contribution in [3.8, 4) is 17.6 Å².